The number of non-ortho nitro benzene ring substituents is 1. The number of ketones is 1. The number of aromatic nitrogens is 1. The van der Waals surface area contributed by atoms with E-state index in [4.69, 9.17) is 9.26 Å². The monoisotopic (exact) mass is 463 g/mol. The van der Waals surface area contributed by atoms with Crippen LogP contribution in [-0.4, -0.2) is 33.5 Å². The van der Waals surface area contributed by atoms with Crippen molar-refractivity contribution in [2.45, 2.75) is 26.3 Å². The number of anilines is 1. The number of carbonyl (C=O) groups is 2. The third-order valence-electron chi connectivity index (χ3n) is 5.30. The summed E-state index contributed by atoms with van der Waals surface area (Å²) in [5.41, 5.74) is 0.109. The van der Waals surface area contributed by atoms with Gasteiger partial charge in [-0.25, -0.2) is 0 Å². The van der Waals surface area contributed by atoms with Gasteiger partial charge in [-0.3, -0.25) is 24.6 Å². The minimum Gasteiger partial charge on any atom is -0.507 e. The molecule has 1 aliphatic heterocycles. The molecule has 10 heteroatoms. The van der Waals surface area contributed by atoms with Gasteiger partial charge in [0.15, 0.2) is 5.82 Å². The third-order valence-corrected chi connectivity index (χ3v) is 5.30. The summed E-state index contributed by atoms with van der Waals surface area (Å²) >= 11 is 0. The quantitative estimate of drug-likeness (QED) is 0.180. The summed E-state index contributed by atoms with van der Waals surface area (Å²) in [5.74, 6) is -1.25. The number of hydrogen-bond donors (Lipinski definition) is 1. The van der Waals surface area contributed by atoms with Crippen LogP contribution in [0.5, 0.6) is 5.75 Å². The van der Waals surface area contributed by atoms with Gasteiger partial charge in [0.2, 0.25) is 0 Å². The number of aryl methyl sites for hydroxylation is 1. The van der Waals surface area contributed by atoms with Gasteiger partial charge in [0, 0.05) is 23.8 Å². The van der Waals surface area contributed by atoms with E-state index in [1.807, 2.05) is 6.92 Å². The number of amides is 1. The van der Waals surface area contributed by atoms with E-state index in [1.54, 1.807) is 37.3 Å². The molecule has 0 radical (unpaired) electrons. The van der Waals surface area contributed by atoms with Crippen LogP contribution in [0.25, 0.3) is 5.76 Å². The summed E-state index contributed by atoms with van der Waals surface area (Å²) in [5, 5.41) is 26.3. The number of benzene rings is 2. The average Bonchev–Trinajstić information content (AvgIpc) is 3.38. The summed E-state index contributed by atoms with van der Waals surface area (Å²) in [7, 11) is 0. The van der Waals surface area contributed by atoms with Crippen molar-refractivity contribution < 1.29 is 28.9 Å². The summed E-state index contributed by atoms with van der Waals surface area (Å²) in [6.45, 7) is 4.13. The Morgan fingerprint density at radius 1 is 1.21 bits per heavy atom. The molecular weight excluding hydrogens is 442 g/mol. The van der Waals surface area contributed by atoms with E-state index in [-0.39, 0.29) is 28.2 Å². The van der Waals surface area contributed by atoms with E-state index in [0.717, 1.165) is 11.3 Å². The molecule has 1 amide bonds. The van der Waals surface area contributed by atoms with Crippen molar-refractivity contribution >= 4 is 29.0 Å². The maximum Gasteiger partial charge on any atom is 0.301 e. The van der Waals surface area contributed by atoms with Gasteiger partial charge >= 0.3 is 5.91 Å². The second-order valence-corrected chi connectivity index (χ2v) is 7.69. The van der Waals surface area contributed by atoms with E-state index >= 15 is 0 Å². The molecule has 1 atom stereocenters. The zero-order chi connectivity index (χ0) is 24.4. The van der Waals surface area contributed by atoms with Gasteiger partial charge in [-0.2, -0.15) is 0 Å². The first kappa shape index (κ1) is 22.7. The first-order chi connectivity index (χ1) is 16.3. The van der Waals surface area contributed by atoms with Gasteiger partial charge in [0.1, 0.15) is 17.3 Å². The fourth-order valence-corrected chi connectivity index (χ4v) is 3.74. The van der Waals surface area contributed by atoms with Gasteiger partial charge < -0.3 is 14.4 Å². The lowest BCUT2D eigenvalue weighted by molar-refractivity contribution is -0.384. The first-order valence-corrected chi connectivity index (χ1v) is 10.5. The Morgan fingerprint density at radius 3 is 2.56 bits per heavy atom. The minimum absolute atomic E-state index is 0.0541. The summed E-state index contributed by atoms with van der Waals surface area (Å²) < 4.78 is 10.6. The molecule has 1 saturated heterocycles. The van der Waals surface area contributed by atoms with E-state index in [2.05, 4.69) is 5.16 Å². The molecule has 2 heterocycles. The largest absolute Gasteiger partial charge is 0.507 e. The maximum atomic E-state index is 13.1. The van der Waals surface area contributed by atoms with Crippen LogP contribution >= 0.6 is 0 Å². The Bertz CT molecular complexity index is 1290. The Hall–Kier alpha value is -4.47. The highest BCUT2D eigenvalue weighted by Crippen LogP contribution is 2.42. The number of Topliss-reactive ketones (excluding diaryl/α,β-unsaturated/α-hetero) is 1. The Morgan fingerprint density at radius 2 is 1.94 bits per heavy atom. The number of nitrogens with zero attached hydrogens (tertiary/aromatic N) is 3. The lowest BCUT2D eigenvalue weighted by Crippen LogP contribution is -2.29. The van der Waals surface area contributed by atoms with Crippen molar-refractivity contribution in [2.75, 3.05) is 11.5 Å². The number of ether oxygens (including phenoxy) is 1. The van der Waals surface area contributed by atoms with Gasteiger partial charge in [0.05, 0.1) is 23.1 Å². The van der Waals surface area contributed by atoms with E-state index in [0.29, 0.717) is 18.1 Å². The number of aliphatic hydroxyl groups excluding tert-OH is 1. The number of aliphatic hydroxyl groups is 1. The number of nitro benzene ring substituents is 1. The minimum atomic E-state index is -1.15. The zero-order valence-corrected chi connectivity index (χ0v) is 18.4. The van der Waals surface area contributed by atoms with Crippen LogP contribution in [0.2, 0.25) is 0 Å². The third kappa shape index (κ3) is 4.13. The van der Waals surface area contributed by atoms with Crippen LogP contribution in [0.1, 0.15) is 36.3 Å². The molecule has 0 aliphatic carbocycles. The second-order valence-electron chi connectivity index (χ2n) is 7.69. The molecule has 3 aromatic rings. The fraction of sp³-hybridized carbons (Fsp3) is 0.208. The van der Waals surface area contributed by atoms with Crippen LogP contribution in [0.15, 0.2) is 64.7 Å². The smallest absolute Gasteiger partial charge is 0.301 e. The first-order valence-electron chi connectivity index (χ1n) is 10.5. The topological polar surface area (TPSA) is 136 Å². The number of hydrogen-bond acceptors (Lipinski definition) is 8. The molecule has 1 fully saturated rings. The lowest BCUT2D eigenvalue weighted by atomic mass is 9.95. The lowest BCUT2D eigenvalue weighted by Gasteiger charge is -2.22. The second kappa shape index (κ2) is 9.18. The molecule has 34 heavy (non-hydrogen) atoms. The van der Waals surface area contributed by atoms with Crippen LogP contribution in [0.4, 0.5) is 11.5 Å². The fourth-order valence-electron chi connectivity index (χ4n) is 3.74. The van der Waals surface area contributed by atoms with E-state index < -0.39 is 28.4 Å². The SMILES string of the molecule is CCCOc1ccc(/C(O)=C2\C(=O)C(=O)N(c3cc(C)on3)[C@H]2c2cccc([N+](=O)[O-])c2)cc1. The molecule has 1 aliphatic rings. The molecule has 0 bridgehead atoms. The van der Waals surface area contributed by atoms with Crippen molar-refractivity contribution in [1.29, 1.82) is 0 Å². The van der Waals surface area contributed by atoms with Crippen LogP contribution in [-0.2, 0) is 9.59 Å². The summed E-state index contributed by atoms with van der Waals surface area (Å²) in [4.78, 5) is 38.0. The van der Waals surface area contributed by atoms with Crippen molar-refractivity contribution in [3.63, 3.8) is 0 Å². The van der Waals surface area contributed by atoms with Crippen molar-refractivity contribution in [3.05, 3.63) is 87.2 Å². The Kier molecular flexibility index (Phi) is 6.13. The van der Waals surface area contributed by atoms with E-state index in [9.17, 15) is 24.8 Å². The highest BCUT2D eigenvalue weighted by atomic mass is 16.6. The van der Waals surface area contributed by atoms with Gasteiger partial charge in [-0.1, -0.05) is 24.2 Å². The predicted molar refractivity (Wildman–Crippen MR) is 121 cm³/mol. The average molecular weight is 463 g/mol. The maximum absolute atomic E-state index is 13.1. The normalized spacial score (nSPS) is 17.2. The Labute approximate surface area is 194 Å². The van der Waals surface area contributed by atoms with Crippen LogP contribution in [0, 0.1) is 17.0 Å². The number of nitro groups is 1. The van der Waals surface area contributed by atoms with Crippen molar-refractivity contribution in [2.24, 2.45) is 0 Å². The van der Waals surface area contributed by atoms with E-state index in [1.165, 1.54) is 24.3 Å². The molecule has 1 aromatic heterocycles. The van der Waals surface area contributed by atoms with Crippen LogP contribution < -0.4 is 9.64 Å². The molecule has 1 N–H and O–H groups in total. The highest BCUT2D eigenvalue weighted by Gasteiger charge is 2.48. The van der Waals surface area contributed by atoms with Crippen molar-refractivity contribution in [3.8, 4) is 5.75 Å². The van der Waals surface area contributed by atoms with Crippen LogP contribution in [0.3, 0.4) is 0 Å². The molecule has 0 unspecified atom stereocenters. The predicted octanol–water partition coefficient (Wildman–Crippen LogP) is 4.31. The highest BCUT2D eigenvalue weighted by molar-refractivity contribution is 6.51. The van der Waals surface area contributed by atoms with Gasteiger partial charge in [-0.05, 0) is 43.2 Å². The Balaban J connectivity index is 1.87. The summed E-state index contributed by atoms with van der Waals surface area (Å²) in [6.07, 6.45) is 0.829. The molecule has 0 spiro atoms. The molecule has 174 valence electrons. The number of rotatable bonds is 7. The molecule has 10 nitrogen and oxygen atoms in total. The molecule has 2 aromatic carbocycles. The number of carbonyl (C=O) groups excluding carboxylic acids is 2. The molecule has 4 rings (SSSR count). The van der Waals surface area contributed by atoms with Gasteiger partial charge in [-0.15, -0.1) is 0 Å². The standard InChI is InChI=1S/C24H21N3O7/c1-3-11-33-18-9-7-15(8-10-18)22(28)20-21(16-5-4-6-17(13-16)27(31)32)26(24(30)23(20)29)19-12-14(2)34-25-19/h4-10,12-13,21,28H,3,11H2,1-2H3/b22-20+/t21-/m0/s1. The molecule has 0 saturated carbocycles. The van der Waals surface area contributed by atoms with Gasteiger partial charge in [0.25, 0.3) is 11.5 Å². The zero-order valence-electron chi connectivity index (χ0n) is 18.4. The summed E-state index contributed by atoms with van der Waals surface area (Å²) in [6, 6.07) is 12.3. The molecular formula is C24H21N3O7. The van der Waals surface area contributed by atoms with Crippen molar-refractivity contribution in [1.82, 2.24) is 5.16 Å².